The third-order valence-electron chi connectivity index (χ3n) is 3.53. The number of rotatable bonds is 6. The molecule has 4 atom stereocenters. The van der Waals surface area contributed by atoms with E-state index in [1.807, 2.05) is 7.05 Å². The highest BCUT2D eigenvalue weighted by Gasteiger charge is 2.40. The van der Waals surface area contributed by atoms with Gasteiger partial charge >= 0.3 is 5.97 Å². The Morgan fingerprint density at radius 2 is 2.05 bits per heavy atom. The molecule has 6 heteroatoms. The van der Waals surface area contributed by atoms with Crippen molar-refractivity contribution in [3.63, 3.8) is 0 Å². The van der Waals surface area contributed by atoms with Crippen LogP contribution in [-0.2, 0) is 9.59 Å². The van der Waals surface area contributed by atoms with E-state index in [1.165, 1.54) is 6.92 Å². The molecule has 1 amide bonds. The van der Waals surface area contributed by atoms with Crippen LogP contribution >= 0.6 is 0 Å². The van der Waals surface area contributed by atoms with Gasteiger partial charge in [0, 0.05) is 25.0 Å². The molecule has 110 valence electrons. The Bertz CT molecular complexity index is 333. The van der Waals surface area contributed by atoms with Gasteiger partial charge in [-0.2, -0.15) is 0 Å². The highest BCUT2D eigenvalue weighted by atomic mass is 16.4. The summed E-state index contributed by atoms with van der Waals surface area (Å²) in [4.78, 5) is 22.4. The monoisotopic (exact) mass is 271 g/mol. The van der Waals surface area contributed by atoms with Crippen molar-refractivity contribution < 1.29 is 14.7 Å². The van der Waals surface area contributed by atoms with Crippen molar-refractivity contribution in [2.45, 2.75) is 57.8 Å². The van der Waals surface area contributed by atoms with E-state index in [0.717, 1.165) is 6.42 Å². The summed E-state index contributed by atoms with van der Waals surface area (Å²) in [6, 6.07) is -0.612. The van der Waals surface area contributed by atoms with Crippen LogP contribution in [0, 0.1) is 5.92 Å². The van der Waals surface area contributed by atoms with Gasteiger partial charge in [0.15, 0.2) is 0 Å². The Labute approximate surface area is 114 Å². The van der Waals surface area contributed by atoms with Crippen LogP contribution in [0.1, 0.15) is 33.6 Å². The summed E-state index contributed by atoms with van der Waals surface area (Å²) in [5.41, 5.74) is 0. The number of likely N-dealkylation sites (N-methyl/N-ethyl adjacent to an activating group) is 1. The fraction of sp³-hybridized carbons (Fsp3) is 0.846. The number of nitrogens with one attached hydrogen (secondary N) is 3. The van der Waals surface area contributed by atoms with Gasteiger partial charge in [0.25, 0.3) is 0 Å². The standard InChI is InChI=1S/C13H25N3O3/c1-7(2)5-10(15-8(3)17)12-9(14-4)6-11(16-12)13(18)19/h7,9-12,14,16H,5-6H2,1-4H3,(H,15,17)(H,18,19)/t9-,10+,11-,12-/m1/s1. The molecule has 4 N–H and O–H groups in total. The molecular formula is C13H25N3O3. The first-order valence-corrected chi connectivity index (χ1v) is 6.78. The lowest BCUT2D eigenvalue weighted by Gasteiger charge is -2.30. The number of amides is 1. The molecule has 0 aliphatic carbocycles. The zero-order valence-electron chi connectivity index (χ0n) is 12.1. The van der Waals surface area contributed by atoms with E-state index >= 15 is 0 Å². The Kier molecular flexibility index (Phi) is 5.75. The van der Waals surface area contributed by atoms with Crippen LogP contribution in [0.3, 0.4) is 0 Å². The van der Waals surface area contributed by atoms with Crippen molar-refractivity contribution >= 4 is 11.9 Å². The second-order valence-electron chi connectivity index (χ2n) is 5.65. The predicted octanol–water partition coefficient (Wildman–Crippen LogP) is -0.0597. The molecule has 0 radical (unpaired) electrons. The van der Waals surface area contributed by atoms with Crippen LogP contribution in [0.25, 0.3) is 0 Å². The SMILES string of the molecule is CN[C@@H]1C[C@H](C(=O)O)N[C@H]1[C@H](CC(C)C)NC(C)=O. The second-order valence-corrected chi connectivity index (χ2v) is 5.65. The molecule has 1 rings (SSSR count). The van der Waals surface area contributed by atoms with Crippen molar-refractivity contribution in [2.24, 2.45) is 5.92 Å². The maximum Gasteiger partial charge on any atom is 0.320 e. The molecule has 0 aromatic rings. The summed E-state index contributed by atoms with van der Waals surface area (Å²) in [6.45, 7) is 5.67. The summed E-state index contributed by atoms with van der Waals surface area (Å²) < 4.78 is 0. The van der Waals surface area contributed by atoms with Crippen LogP contribution in [0.2, 0.25) is 0 Å². The minimum Gasteiger partial charge on any atom is -0.480 e. The Hall–Kier alpha value is -1.14. The molecule has 1 fully saturated rings. The predicted molar refractivity (Wildman–Crippen MR) is 72.9 cm³/mol. The third kappa shape index (κ3) is 4.47. The highest BCUT2D eigenvalue weighted by Crippen LogP contribution is 2.20. The van der Waals surface area contributed by atoms with Crippen LogP contribution in [-0.4, -0.2) is 48.2 Å². The first-order valence-electron chi connectivity index (χ1n) is 6.78. The molecule has 19 heavy (non-hydrogen) atoms. The summed E-state index contributed by atoms with van der Waals surface area (Å²) in [5, 5.41) is 18.3. The average Bonchev–Trinajstić information content (AvgIpc) is 2.70. The maximum atomic E-state index is 11.3. The fourth-order valence-corrected chi connectivity index (χ4v) is 2.75. The number of carboxylic acid groups (broad SMARTS) is 1. The highest BCUT2D eigenvalue weighted by molar-refractivity contribution is 5.75. The molecule has 1 saturated heterocycles. The largest absolute Gasteiger partial charge is 0.480 e. The zero-order valence-corrected chi connectivity index (χ0v) is 12.1. The maximum absolute atomic E-state index is 11.3. The lowest BCUT2D eigenvalue weighted by Crippen LogP contribution is -2.55. The summed E-state index contributed by atoms with van der Waals surface area (Å²) >= 11 is 0. The van der Waals surface area contributed by atoms with Crippen molar-refractivity contribution in [1.82, 2.24) is 16.0 Å². The van der Waals surface area contributed by atoms with Gasteiger partial charge in [0.05, 0.1) is 0 Å². The van der Waals surface area contributed by atoms with E-state index in [4.69, 9.17) is 5.11 Å². The minimum absolute atomic E-state index is 0.0525. The van der Waals surface area contributed by atoms with E-state index in [0.29, 0.717) is 12.3 Å². The van der Waals surface area contributed by atoms with Gasteiger partial charge in [-0.05, 0) is 25.8 Å². The number of carbonyl (C=O) groups is 2. The number of hydrogen-bond acceptors (Lipinski definition) is 4. The minimum atomic E-state index is -0.839. The molecule has 0 spiro atoms. The molecule has 0 aromatic carbocycles. The van der Waals surface area contributed by atoms with Crippen molar-refractivity contribution in [2.75, 3.05) is 7.05 Å². The van der Waals surface area contributed by atoms with Crippen molar-refractivity contribution in [3.05, 3.63) is 0 Å². The van der Waals surface area contributed by atoms with Crippen molar-refractivity contribution in [1.29, 1.82) is 0 Å². The van der Waals surface area contributed by atoms with E-state index in [2.05, 4.69) is 29.8 Å². The van der Waals surface area contributed by atoms with Crippen LogP contribution < -0.4 is 16.0 Å². The van der Waals surface area contributed by atoms with Crippen LogP contribution in [0.4, 0.5) is 0 Å². The topological polar surface area (TPSA) is 90.5 Å². The average molecular weight is 271 g/mol. The number of carbonyl (C=O) groups excluding carboxylic acids is 1. The van der Waals surface area contributed by atoms with Crippen LogP contribution in [0.5, 0.6) is 0 Å². The van der Waals surface area contributed by atoms with Gasteiger partial charge in [-0.1, -0.05) is 13.8 Å². The summed E-state index contributed by atoms with van der Waals surface area (Å²) in [7, 11) is 1.82. The molecule has 0 aromatic heterocycles. The Morgan fingerprint density at radius 1 is 1.42 bits per heavy atom. The normalized spacial score (nSPS) is 28.4. The van der Waals surface area contributed by atoms with E-state index in [1.54, 1.807) is 0 Å². The first-order chi connectivity index (χ1) is 8.85. The smallest absolute Gasteiger partial charge is 0.320 e. The van der Waals surface area contributed by atoms with Gasteiger partial charge in [-0.15, -0.1) is 0 Å². The third-order valence-corrected chi connectivity index (χ3v) is 3.53. The van der Waals surface area contributed by atoms with E-state index in [9.17, 15) is 9.59 Å². The van der Waals surface area contributed by atoms with E-state index < -0.39 is 12.0 Å². The molecule has 0 unspecified atom stereocenters. The lowest BCUT2D eigenvalue weighted by molar-refractivity contribution is -0.139. The van der Waals surface area contributed by atoms with Gasteiger partial charge in [-0.3, -0.25) is 14.9 Å². The second kappa shape index (κ2) is 6.86. The molecule has 1 aliphatic heterocycles. The Morgan fingerprint density at radius 3 is 2.47 bits per heavy atom. The van der Waals surface area contributed by atoms with Gasteiger partial charge < -0.3 is 15.7 Å². The molecule has 0 bridgehead atoms. The molecule has 1 heterocycles. The van der Waals surface area contributed by atoms with Gasteiger partial charge in [0.2, 0.25) is 5.91 Å². The molecule has 6 nitrogen and oxygen atoms in total. The zero-order chi connectivity index (χ0) is 14.6. The summed E-state index contributed by atoms with van der Waals surface area (Å²) in [5.74, 6) is -0.491. The van der Waals surface area contributed by atoms with E-state index in [-0.39, 0.29) is 24.0 Å². The number of hydrogen-bond donors (Lipinski definition) is 4. The van der Waals surface area contributed by atoms with Gasteiger partial charge in [-0.25, -0.2) is 0 Å². The lowest BCUT2D eigenvalue weighted by atomic mass is 9.93. The number of carboxylic acids is 1. The Balaban J connectivity index is 2.80. The molecular weight excluding hydrogens is 246 g/mol. The van der Waals surface area contributed by atoms with Crippen molar-refractivity contribution in [3.8, 4) is 0 Å². The number of aliphatic carboxylic acids is 1. The first kappa shape index (κ1) is 15.9. The van der Waals surface area contributed by atoms with Gasteiger partial charge in [0.1, 0.15) is 6.04 Å². The summed E-state index contributed by atoms with van der Waals surface area (Å²) in [6.07, 6.45) is 1.35. The fourth-order valence-electron chi connectivity index (χ4n) is 2.75. The quantitative estimate of drug-likeness (QED) is 0.543. The van der Waals surface area contributed by atoms with Crippen LogP contribution in [0.15, 0.2) is 0 Å². The molecule has 1 aliphatic rings. The molecule has 0 saturated carbocycles.